The summed E-state index contributed by atoms with van der Waals surface area (Å²) in [4.78, 5) is 15.2. The summed E-state index contributed by atoms with van der Waals surface area (Å²) in [6.07, 6.45) is 2.63. The summed E-state index contributed by atoms with van der Waals surface area (Å²) in [5.41, 5.74) is 1.85. The van der Waals surface area contributed by atoms with Gasteiger partial charge in [0.05, 0.1) is 11.4 Å². The van der Waals surface area contributed by atoms with Crippen LogP contribution in [0.1, 0.15) is 53.7 Å². The summed E-state index contributed by atoms with van der Waals surface area (Å²) in [5.74, 6) is 3.22. The van der Waals surface area contributed by atoms with E-state index in [1.807, 2.05) is 25.5 Å². The Balaban J connectivity index is 1.84. The molecule has 0 aromatic carbocycles. The van der Waals surface area contributed by atoms with Crippen molar-refractivity contribution in [1.82, 2.24) is 24.7 Å². The molecule has 0 atom stereocenters. The zero-order valence-electron chi connectivity index (χ0n) is 15.6. The minimum absolute atomic E-state index is 0.305. The van der Waals surface area contributed by atoms with Crippen molar-refractivity contribution in [3.05, 3.63) is 28.0 Å². The molecule has 0 aliphatic carbocycles. The SMILES string of the molecule is CCc1nc(C)c(-c2nc(C3CCOCC3)nn2-c2nc(C)c(C)s2)o1. The molecule has 0 radical (unpaired) electrons. The molecule has 0 N–H and O–H groups in total. The molecule has 1 aliphatic heterocycles. The fraction of sp³-hybridized carbons (Fsp3) is 0.556. The van der Waals surface area contributed by atoms with Crippen LogP contribution in [0.15, 0.2) is 4.42 Å². The Morgan fingerprint density at radius 2 is 1.85 bits per heavy atom. The summed E-state index contributed by atoms with van der Waals surface area (Å²) in [6, 6.07) is 0. The molecule has 3 aromatic heterocycles. The van der Waals surface area contributed by atoms with Gasteiger partial charge in [0.25, 0.3) is 0 Å². The van der Waals surface area contributed by atoms with Gasteiger partial charge in [-0.05, 0) is 33.6 Å². The van der Waals surface area contributed by atoms with Gasteiger partial charge in [-0.1, -0.05) is 18.3 Å². The van der Waals surface area contributed by atoms with E-state index >= 15 is 0 Å². The molecule has 4 heterocycles. The molecule has 4 rings (SSSR count). The molecule has 1 fully saturated rings. The smallest absolute Gasteiger partial charge is 0.212 e. The standard InChI is InChI=1S/C18H23N5O2S/c1-5-14-19-11(3)15(25-14)17-21-16(13-6-8-24-9-7-13)22-23(17)18-20-10(2)12(4)26-18/h13H,5-9H2,1-4H3. The largest absolute Gasteiger partial charge is 0.437 e. The quantitative estimate of drug-likeness (QED) is 0.693. The fourth-order valence-electron chi connectivity index (χ4n) is 3.09. The maximum Gasteiger partial charge on any atom is 0.212 e. The number of ether oxygens (including phenoxy) is 1. The van der Waals surface area contributed by atoms with Crippen LogP contribution in [0.25, 0.3) is 16.7 Å². The van der Waals surface area contributed by atoms with Crippen molar-refractivity contribution in [3.63, 3.8) is 0 Å². The van der Waals surface area contributed by atoms with Crippen molar-refractivity contribution in [1.29, 1.82) is 0 Å². The minimum Gasteiger partial charge on any atom is -0.437 e. The van der Waals surface area contributed by atoms with Gasteiger partial charge in [0.2, 0.25) is 11.0 Å². The van der Waals surface area contributed by atoms with Crippen molar-refractivity contribution in [2.45, 2.75) is 52.9 Å². The van der Waals surface area contributed by atoms with Gasteiger partial charge in [-0.25, -0.2) is 15.0 Å². The van der Waals surface area contributed by atoms with E-state index in [1.165, 1.54) is 4.88 Å². The van der Waals surface area contributed by atoms with Gasteiger partial charge in [-0.2, -0.15) is 4.68 Å². The Morgan fingerprint density at radius 1 is 1.08 bits per heavy atom. The molecule has 0 bridgehead atoms. The topological polar surface area (TPSA) is 78.9 Å². The minimum atomic E-state index is 0.305. The summed E-state index contributed by atoms with van der Waals surface area (Å²) in [5, 5.41) is 5.64. The van der Waals surface area contributed by atoms with Gasteiger partial charge in [0.15, 0.2) is 17.5 Å². The van der Waals surface area contributed by atoms with Crippen molar-refractivity contribution in [3.8, 4) is 16.7 Å². The normalized spacial score (nSPS) is 15.7. The third-order valence-electron chi connectivity index (χ3n) is 4.75. The second kappa shape index (κ2) is 6.92. The molecule has 26 heavy (non-hydrogen) atoms. The first kappa shape index (κ1) is 17.4. The molecule has 0 amide bonds. The van der Waals surface area contributed by atoms with E-state index in [4.69, 9.17) is 19.2 Å². The van der Waals surface area contributed by atoms with Gasteiger partial charge < -0.3 is 9.15 Å². The molecule has 1 saturated heterocycles. The summed E-state index contributed by atoms with van der Waals surface area (Å²) in [7, 11) is 0. The molecule has 0 unspecified atom stereocenters. The fourth-order valence-corrected chi connectivity index (χ4v) is 3.96. The lowest BCUT2D eigenvalue weighted by Gasteiger charge is -2.18. The van der Waals surface area contributed by atoms with Crippen molar-refractivity contribution in [2.24, 2.45) is 0 Å². The van der Waals surface area contributed by atoms with Gasteiger partial charge in [-0.3, -0.25) is 0 Å². The zero-order chi connectivity index (χ0) is 18.3. The van der Waals surface area contributed by atoms with E-state index in [-0.39, 0.29) is 0 Å². The monoisotopic (exact) mass is 373 g/mol. The number of hydrogen-bond acceptors (Lipinski definition) is 7. The Morgan fingerprint density at radius 3 is 2.46 bits per heavy atom. The highest BCUT2D eigenvalue weighted by atomic mass is 32.1. The molecular formula is C18H23N5O2S. The van der Waals surface area contributed by atoms with E-state index in [0.29, 0.717) is 23.4 Å². The van der Waals surface area contributed by atoms with Crippen LogP contribution < -0.4 is 0 Å². The molecule has 7 nitrogen and oxygen atoms in total. The predicted molar refractivity (Wildman–Crippen MR) is 98.9 cm³/mol. The highest BCUT2D eigenvalue weighted by Gasteiger charge is 2.27. The van der Waals surface area contributed by atoms with Crippen LogP contribution in [0.3, 0.4) is 0 Å². The highest BCUT2D eigenvalue weighted by Crippen LogP contribution is 2.32. The zero-order valence-corrected chi connectivity index (χ0v) is 16.4. The second-order valence-electron chi connectivity index (χ2n) is 6.61. The molecular weight excluding hydrogens is 350 g/mol. The second-order valence-corrected chi connectivity index (χ2v) is 7.79. The maximum absolute atomic E-state index is 5.97. The van der Waals surface area contributed by atoms with E-state index in [9.17, 15) is 0 Å². The molecule has 138 valence electrons. The van der Waals surface area contributed by atoms with E-state index in [2.05, 4.69) is 16.9 Å². The van der Waals surface area contributed by atoms with Crippen LogP contribution >= 0.6 is 11.3 Å². The third kappa shape index (κ3) is 3.07. The van der Waals surface area contributed by atoms with E-state index < -0.39 is 0 Å². The number of hydrogen-bond donors (Lipinski definition) is 0. The lowest BCUT2D eigenvalue weighted by molar-refractivity contribution is 0.0836. The number of nitrogens with zero attached hydrogens (tertiary/aromatic N) is 5. The molecule has 1 aliphatic rings. The molecule has 0 spiro atoms. The van der Waals surface area contributed by atoms with Crippen LogP contribution in [0.2, 0.25) is 0 Å². The summed E-state index contributed by atoms with van der Waals surface area (Å²) >= 11 is 1.62. The first-order valence-corrected chi connectivity index (χ1v) is 9.84. The molecule has 8 heteroatoms. The van der Waals surface area contributed by atoms with Crippen LogP contribution in [0, 0.1) is 20.8 Å². The van der Waals surface area contributed by atoms with Gasteiger partial charge in [0.1, 0.15) is 0 Å². The van der Waals surface area contributed by atoms with E-state index in [1.54, 1.807) is 11.3 Å². The van der Waals surface area contributed by atoms with Crippen LogP contribution in [-0.4, -0.2) is 37.9 Å². The van der Waals surface area contributed by atoms with Gasteiger partial charge in [-0.15, -0.1) is 5.10 Å². The van der Waals surface area contributed by atoms with Gasteiger partial charge in [0, 0.05) is 30.4 Å². The first-order valence-electron chi connectivity index (χ1n) is 9.02. The van der Waals surface area contributed by atoms with Gasteiger partial charge >= 0.3 is 0 Å². The Hall–Kier alpha value is -2.06. The predicted octanol–water partition coefficient (Wildman–Crippen LogP) is 3.76. The van der Waals surface area contributed by atoms with Crippen molar-refractivity contribution < 1.29 is 9.15 Å². The summed E-state index contributed by atoms with van der Waals surface area (Å²) < 4.78 is 13.3. The Labute approximate surface area is 156 Å². The number of oxazole rings is 1. The maximum atomic E-state index is 5.97. The lowest BCUT2D eigenvalue weighted by atomic mass is 10.00. The van der Waals surface area contributed by atoms with Crippen LogP contribution in [0.5, 0.6) is 0 Å². The van der Waals surface area contributed by atoms with E-state index in [0.717, 1.165) is 54.8 Å². The average molecular weight is 373 g/mol. The Kier molecular flexibility index (Phi) is 4.62. The highest BCUT2D eigenvalue weighted by molar-refractivity contribution is 7.14. The first-order chi connectivity index (χ1) is 12.6. The van der Waals surface area contributed by atoms with Crippen molar-refractivity contribution >= 4 is 11.3 Å². The molecule has 3 aromatic rings. The molecule has 0 saturated carbocycles. The average Bonchev–Trinajstić information content (AvgIpc) is 3.33. The number of aromatic nitrogens is 5. The Bertz CT molecular complexity index is 901. The number of thiazole rings is 1. The number of aryl methyl sites for hydroxylation is 4. The third-order valence-corrected chi connectivity index (χ3v) is 5.80. The van der Waals surface area contributed by atoms with Crippen LogP contribution in [-0.2, 0) is 11.2 Å². The lowest BCUT2D eigenvalue weighted by Crippen LogP contribution is -2.15. The summed E-state index contributed by atoms with van der Waals surface area (Å²) in [6.45, 7) is 9.57. The van der Waals surface area contributed by atoms with Crippen molar-refractivity contribution in [2.75, 3.05) is 13.2 Å². The van der Waals surface area contributed by atoms with Crippen LogP contribution in [0.4, 0.5) is 0 Å². The number of rotatable bonds is 4.